The average molecular weight is 325 g/mol. The van der Waals surface area contributed by atoms with Gasteiger partial charge in [-0.2, -0.15) is 5.26 Å². The highest BCUT2D eigenvalue weighted by molar-refractivity contribution is 6.39. The van der Waals surface area contributed by atoms with E-state index in [0.29, 0.717) is 18.0 Å². The zero-order chi connectivity index (χ0) is 15.2. The number of hydrogen-bond acceptors (Lipinski definition) is 3. The number of ether oxygens (including phenoxy) is 1. The summed E-state index contributed by atoms with van der Waals surface area (Å²) in [6.07, 6.45) is 0. The van der Waals surface area contributed by atoms with Crippen LogP contribution in [0.1, 0.15) is 5.56 Å². The highest BCUT2D eigenvalue weighted by Crippen LogP contribution is 2.31. The van der Waals surface area contributed by atoms with Crippen LogP contribution in [-0.4, -0.2) is 6.61 Å². The summed E-state index contributed by atoms with van der Waals surface area (Å²) in [6.45, 7) is 0.488. The molecule has 0 aromatic heterocycles. The number of nitriles is 1. The summed E-state index contributed by atoms with van der Waals surface area (Å²) in [5.41, 5.74) is 1.46. The lowest BCUT2D eigenvalue weighted by molar-refractivity contribution is 0.368. The van der Waals surface area contributed by atoms with Crippen LogP contribution in [0.3, 0.4) is 0 Å². The largest absolute Gasteiger partial charge is 0.479 e. The lowest BCUT2D eigenvalue weighted by Crippen LogP contribution is -2.01. The maximum absolute atomic E-state index is 13.1. The fourth-order valence-corrected chi connectivity index (χ4v) is 2.31. The van der Waals surface area contributed by atoms with Gasteiger partial charge < -0.3 is 10.1 Å². The summed E-state index contributed by atoms with van der Waals surface area (Å²) in [7, 11) is 0. The van der Waals surface area contributed by atoms with Crippen LogP contribution >= 0.6 is 23.2 Å². The Bertz CT molecular complexity index is 645. The summed E-state index contributed by atoms with van der Waals surface area (Å²) < 4.78 is 18.2. The second-order valence-corrected chi connectivity index (χ2v) is 5.00. The standard InChI is InChI=1S/C15H11Cl2FN2O/c16-13-7-11(18)8-14(17)15(13)20-9-10-1-3-12(4-2-10)21-6-5-19/h1-4,7-8,20H,6,9H2. The lowest BCUT2D eigenvalue weighted by atomic mass is 10.2. The van der Waals surface area contributed by atoms with Gasteiger partial charge in [0.25, 0.3) is 0 Å². The number of anilines is 1. The van der Waals surface area contributed by atoms with Gasteiger partial charge in [0, 0.05) is 6.54 Å². The SMILES string of the molecule is N#CCOc1ccc(CNc2c(Cl)cc(F)cc2Cl)cc1. The van der Waals surface area contributed by atoms with E-state index in [1.54, 1.807) is 12.1 Å². The predicted molar refractivity (Wildman–Crippen MR) is 81.3 cm³/mol. The van der Waals surface area contributed by atoms with E-state index in [0.717, 1.165) is 5.56 Å². The molecule has 2 aromatic rings. The van der Waals surface area contributed by atoms with Gasteiger partial charge >= 0.3 is 0 Å². The maximum atomic E-state index is 13.1. The third kappa shape index (κ3) is 4.25. The van der Waals surface area contributed by atoms with E-state index in [1.165, 1.54) is 12.1 Å². The van der Waals surface area contributed by atoms with E-state index in [2.05, 4.69) is 5.32 Å². The molecule has 0 aliphatic heterocycles. The minimum absolute atomic E-state index is 0.0123. The number of hydrogen-bond donors (Lipinski definition) is 1. The van der Waals surface area contributed by atoms with Gasteiger partial charge in [-0.3, -0.25) is 0 Å². The predicted octanol–water partition coefficient (Wildman–Crippen LogP) is 4.65. The van der Waals surface area contributed by atoms with Gasteiger partial charge in [-0.1, -0.05) is 35.3 Å². The monoisotopic (exact) mass is 324 g/mol. The molecule has 0 atom stereocenters. The van der Waals surface area contributed by atoms with Crippen molar-refractivity contribution in [2.45, 2.75) is 6.54 Å². The molecule has 0 amide bonds. The number of rotatable bonds is 5. The highest BCUT2D eigenvalue weighted by Gasteiger charge is 2.08. The summed E-state index contributed by atoms with van der Waals surface area (Å²) in [5.74, 6) is 0.146. The quantitative estimate of drug-likeness (QED) is 0.870. The van der Waals surface area contributed by atoms with Crippen LogP contribution in [-0.2, 0) is 6.54 Å². The van der Waals surface area contributed by atoms with Crippen LogP contribution in [0, 0.1) is 17.1 Å². The third-order valence-electron chi connectivity index (χ3n) is 2.70. The van der Waals surface area contributed by atoms with Crippen molar-refractivity contribution in [1.82, 2.24) is 0 Å². The molecule has 0 aliphatic carbocycles. The van der Waals surface area contributed by atoms with E-state index in [-0.39, 0.29) is 16.7 Å². The molecule has 0 saturated heterocycles. The summed E-state index contributed by atoms with van der Waals surface area (Å²) in [4.78, 5) is 0. The Morgan fingerprint density at radius 1 is 1.14 bits per heavy atom. The minimum Gasteiger partial charge on any atom is -0.479 e. The molecule has 0 bridgehead atoms. The number of halogens is 3. The maximum Gasteiger partial charge on any atom is 0.174 e. The van der Waals surface area contributed by atoms with Gasteiger partial charge in [-0.15, -0.1) is 0 Å². The van der Waals surface area contributed by atoms with Crippen molar-refractivity contribution < 1.29 is 9.13 Å². The first-order chi connectivity index (χ1) is 10.1. The van der Waals surface area contributed by atoms with Crippen molar-refractivity contribution >= 4 is 28.9 Å². The normalized spacial score (nSPS) is 10.0. The molecule has 0 radical (unpaired) electrons. The minimum atomic E-state index is -0.477. The van der Waals surface area contributed by atoms with Crippen LogP contribution in [0.25, 0.3) is 0 Å². The Morgan fingerprint density at radius 3 is 2.33 bits per heavy atom. The second-order valence-electron chi connectivity index (χ2n) is 4.19. The fourth-order valence-electron chi connectivity index (χ4n) is 1.72. The zero-order valence-corrected chi connectivity index (χ0v) is 12.4. The molecule has 0 aliphatic rings. The molecule has 6 heteroatoms. The van der Waals surface area contributed by atoms with Gasteiger partial charge in [-0.25, -0.2) is 4.39 Å². The molecular formula is C15H11Cl2FN2O. The van der Waals surface area contributed by atoms with Crippen molar-refractivity contribution in [1.29, 1.82) is 5.26 Å². The Labute approximate surface area is 131 Å². The Kier molecular flexibility index (Phi) is 5.26. The molecule has 1 N–H and O–H groups in total. The van der Waals surface area contributed by atoms with Crippen LogP contribution < -0.4 is 10.1 Å². The van der Waals surface area contributed by atoms with Crippen molar-refractivity contribution in [3.8, 4) is 11.8 Å². The van der Waals surface area contributed by atoms with Crippen molar-refractivity contribution in [2.24, 2.45) is 0 Å². The fraction of sp³-hybridized carbons (Fsp3) is 0.133. The van der Waals surface area contributed by atoms with Gasteiger partial charge in [0.05, 0.1) is 15.7 Å². The summed E-state index contributed by atoms with van der Waals surface area (Å²) in [6, 6.07) is 11.5. The molecule has 3 nitrogen and oxygen atoms in total. The Morgan fingerprint density at radius 2 is 1.76 bits per heavy atom. The van der Waals surface area contributed by atoms with E-state index < -0.39 is 5.82 Å². The smallest absolute Gasteiger partial charge is 0.174 e. The first-order valence-corrected chi connectivity index (χ1v) is 6.83. The summed E-state index contributed by atoms with van der Waals surface area (Å²) >= 11 is 11.9. The third-order valence-corrected chi connectivity index (χ3v) is 3.30. The van der Waals surface area contributed by atoms with Gasteiger partial charge in [-0.05, 0) is 29.8 Å². The van der Waals surface area contributed by atoms with Crippen LogP contribution in [0.15, 0.2) is 36.4 Å². The number of nitrogens with one attached hydrogen (secondary N) is 1. The molecular weight excluding hydrogens is 314 g/mol. The molecule has 2 aromatic carbocycles. The molecule has 0 fully saturated rings. The Balaban J connectivity index is 2.02. The first-order valence-electron chi connectivity index (χ1n) is 6.07. The van der Waals surface area contributed by atoms with E-state index in [1.807, 2.05) is 18.2 Å². The molecule has 0 unspecified atom stereocenters. The topological polar surface area (TPSA) is 45.0 Å². The molecule has 0 heterocycles. The number of benzene rings is 2. The van der Waals surface area contributed by atoms with Crippen molar-refractivity contribution in [3.63, 3.8) is 0 Å². The molecule has 0 spiro atoms. The molecule has 2 rings (SSSR count). The van der Waals surface area contributed by atoms with Crippen molar-refractivity contribution in [2.75, 3.05) is 11.9 Å². The van der Waals surface area contributed by atoms with Crippen LogP contribution in [0.4, 0.5) is 10.1 Å². The van der Waals surface area contributed by atoms with Crippen molar-refractivity contribution in [3.05, 3.63) is 57.8 Å². The van der Waals surface area contributed by atoms with Crippen LogP contribution in [0.2, 0.25) is 10.0 Å². The Hall–Kier alpha value is -1.96. The van der Waals surface area contributed by atoms with E-state index in [4.69, 9.17) is 33.2 Å². The molecule has 0 saturated carbocycles. The number of nitrogens with zero attached hydrogens (tertiary/aromatic N) is 1. The highest BCUT2D eigenvalue weighted by atomic mass is 35.5. The zero-order valence-electron chi connectivity index (χ0n) is 10.9. The summed E-state index contributed by atoms with van der Waals surface area (Å²) in [5, 5.41) is 12.0. The average Bonchev–Trinajstić information content (AvgIpc) is 2.45. The van der Waals surface area contributed by atoms with Gasteiger partial charge in [0.15, 0.2) is 6.61 Å². The lowest BCUT2D eigenvalue weighted by Gasteiger charge is -2.11. The first kappa shape index (κ1) is 15.4. The van der Waals surface area contributed by atoms with Gasteiger partial charge in [0.2, 0.25) is 0 Å². The van der Waals surface area contributed by atoms with E-state index in [9.17, 15) is 4.39 Å². The van der Waals surface area contributed by atoms with E-state index >= 15 is 0 Å². The molecule has 108 valence electrons. The molecule has 21 heavy (non-hydrogen) atoms. The second kappa shape index (κ2) is 7.16. The van der Waals surface area contributed by atoms with Crippen LogP contribution in [0.5, 0.6) is 5.75 Å². The van der Waals surface area contributed by atoms with Gasteiger partial charge in [0.1, 0.15) is 17.6 Å².